The van der Waals surface area contributed by atoms with Gasteiger partial charge < -0.3 is 4.43 Å². The zero-order valence-electron chi connectivity index (χ0n) is 28.1. The Balaban J connectivity index is 1.66. The van der Waals surface area contributed by atoms with Crippen LogP contribution in [0.5, 0.6) is 11.5 Å². The van der Waals surface area contributed by atoms with E-state index in [1.807, 2.05) is 12.1 Å². The van der Waals surface area contributed by atoms with Crippen molar-refractivity contribution in [1.29, 1.82) is 0 Å². The zero-order chi connectivity index (χ0) is 32.5. The van der Waals surface area contributed by atoms with Gasteiger partial charge >= 0.3 is 251 Å². The summed E-state index contributed by atoms with van der Waals surface area (Å²) < 4.78 is 12.7. The van der Waals surface area contributed by atoms with E-state index in [9.17, 15) is 5.11 Å². The van der Waals surface area contributed by atoms with Crippen molar-refractivity contribution in [3.8, 4) is 11.5 Å². The second-order valence-corrected chi connectivity index (χ2v) is 25.7. The third-order valence-corrected chi connectivity index (χ3v) is 21.4. The molecule has 0 unspecified atom stereocenters. The Labute approximate surface area is 281 Å². The molecule has 3 nitrogen and oxygen atoms in total. The Morgan fingerprint density at radius 3 is 1.56 bits per heavy atom. The molecule has 4 rings (SSSR count). The van der Waals surface area contributed by atoms with Crippen molar-refractivity contribution >= 4 is 50.3 Å². The molecule has 1 N–H and O–H groups in total. The number of unbranched alkanes of at least 4 members (excludes halogenated alkanes) is 5. The van der Waals surface area contributed by atoms with Gasteiger partial charge in [0.25, 0.3) is 0 Å². The van der Waals surface area contributed by atoms with Crippen LogP contribution >= 0.6 is 20.8 Å². The number of rotatable bonds is 16. The van der Waals surface area contributed by atoms with Crippen LogP contribution in [0.2, 0.25) is 19.1 Å². The van der Waals surface area contributed by atoms with Crippen LogP contribution < -0.4 is 26.0 Å². The first kappa shape index (κ1) is 35.4. The number of phenolic OH excluding ortho intramolecular Hbond substituents is 1. The van der Waals surface area contributed by atoms with Crippen LogP contribution in [0.15, 0.2) is 91.0 Å². The van der Waals surface area contributed by atoms with Crippen molar-refractivity contribution in [1.82, 2.24) is 0 Å². The van der Waals surface area contributed by atoms with E-state index >= 15 is 0 Å². The first-order chi connectivity index (χ1) is 21.5. The number of ether oxygens (including phenoxy) is 1. The SMILES string of the molecule is CCO[Si](C)(C)CCCCCCCCOc1ccc(O)cc1P(Br)(c1ccc(C)cc1)(c1ccc(C)cc1)c1ccc(C)cc1. The van der Waals surface area contributed by atoms with Gasteiger partial charge in [-0.15, -0.1) is 0 Å². The molecule has 4 aromatic rings. The number of phenols is 1. The molecule has 0 fully saturated rings. The number of benzene rings is 4. The fraction of sp³-hybridized carbons (Fsp3) is 0.385. The second kappa shape index (κ2) is 15.4. The quantitative estimate of drug-likeness (QED) is 0.0716. The van der Waals surface area contributed by atoms with Gasteiger partial charge in [-0.25, -0.2) is 0 Å². The molecule has 0 saturated heterocycles. The minimum atomic E-state index is -3.57. The zero-order valence-corrected chi connectivity index (χ0v) is 31.6. The molecule has 4 aromatic carbocycles. The van der Waals surface area contributed by atoms with Crippen LogP contribution in [0.25, 0.3) is 0 Å². The van der Waals surface area contributed by atoms with E-state index in [0.717, 1.165) is 30.5 Å². The Kier molecular flexibility index (Phi) is 12.2. The number of aryl methyl sites for hydroxylation is 3. The van der Waals surface area contributed by atoms with Crippen LogP contribution in [0, 0.1) is 20.8 Å². The molecule has 0 aromatic heterocycles. The second-order valence-electron chi connectivity index (χ2n) is 13.1. The molecule has 0 heterocycles. The summed E-state index contributed by atoms with van der Waals surface area (Å²) in [5.74, 6) is 1.04. The van der Waals surface area contributed by atoms with Crippen molar-refractivity contribution < 1.29 is 14.3 Å². The Hall–Kier alpha value is -2.43. The molecule has 0 aliphatic rings. The first-order valence-corrected chi connectivity index (χ1v) is 23.9. The summed E-state index contributed by atoms with van der Waals surface area (Å²) >= 11 is 4.60. The van der Waals surface area contributed by atoms with E-state index in [0.29, 0.717) is 6.61 Å². The first-order valence-electron chi connectivity index (χ1n) is 16.5. The van der Waals surface area contributed by atoms with Gasteiger partial charge in [0.1, 0.15) is 0 Å². The van der Waals surface area contributed by atoms with Crippen molar-refractivity contribution in [2.45, 2.75) is 85.4 Å². The number of hydrogen-bond acceptors (Lipinski definition) is 3. The van der Waals surface area contributed by atoms with Gasteiger partial charge in [0, 0.05) is 6.61 Å². The summed E-state index contributed by atoms with van der Waals surface area (Å²) in [6, 6.07) is 33.4. The molecule has 0 atom stereocenters. The summed E-state index contributed by atoms with van der Waals surface area (Å²) in [4.78, 5) is 0. The molecule has 242 valence electrons. The number of hydrogen-bond donors (Lipinski definition) is 1. The molecule has 6 heteroatoms. The topological polar surface area (TPSA) is 38.7 Å². The molecule has 45 heavy (non-hydrogen) atoms. The molecule has 0 aliphatic carbocycles. The number of halogens is 1. The van der Waals surface area contributed by atoms with E-state index in [1.165, 1.54) is 64.3 Å². The van der Waals surface area contributed by atoms with Crippen LogP contribution in [-0.2, 0) is 4.43 Å². The average Bonchev–Trinajstić information content (AvgIpc) is 3.01. The van der Waals surface area contributed by atoms with Crippen LogP contribution in [0.3, 0.4) is 0 Å². The van der Waals surface area contributed by atoms with E-state index in [1.54, 1.807) is 6.07 Å². The van der Waals surface area contributed by atoms with E-state index < -0.39 is 13.6 Å². The normalized spacial score (nSPS) is 12.9. The summed E-state index contributed by atoms with van der Waals surface area (Å²) in [5.41, 5.74) is 3.62. The maximum absolute atomic E-state index is 11.0. The molecular formula is C39H52BrO3PSi. The van der Waals surface area contributed by atoms with E-state index in [4.69, 9.17) is 9.16 Å². The molecule has 0 aliphatic heterocycles. The summed E-state index contributed by atoms with van der Waals surface area (Å²) in [6.07, 6.45) is 7.16. The molecule has 0 saturated carbocycles. The fourth-order valence-electron chi connectivity index (χ4n) is 6.30. The van der Waals surface area contributed by atoms with Crippen molar-refractivity contribution in [3.05, 3.63) is 108 Å². The van der Waals surface area contributed by atoms with E-state index in [-0.39, 0.29) is 5.75 Å². The molecule has 0 spiro atoms. The Morgan fingerprint density at radius 1 is 0.644 bits per heavy atom. The Morgan fingerprint density at radius 2 is 1.09 bits per heavy atom. The van der Waals surface area contributed by atoms with Gasteiger partial charge in [-0.05, 0) is 20.0 Å². The monoisotopic (exact) mass is 706 g/mol. The summed E-state index contributed by atoms with van der Waals surface area (Å²) in [7, 11) is -1.47. The van der Waals surface area contributed by atoms with Crippen molar-refractivity contribution in [2.24, 2.45) is 0 Å². The van der Waals surface area contributed by atoms with Gasteiger partial charge in [-0.3, -0.25) is 0 Å². The van der Waals surface area contributed by atoms with Crippen LogP contribution in [0.4, 0.5) is 0 Å². The van der Waals surface area contributed by atoms with Gasteiger partial charge in [0.05, 0.1) is 0 Å². The third kappa shape index (κ3) is 8.11. The average molecular weight is 708 g/mol. The van der Waals surface area contributed by atoms with Crippen molar-refractivity contribution in [3.63, 3.8) is 0 Å². The Bertz CT molecular complexity index is 1400. The van der Waals surface area contributed by atoms with Crippen LogP contribution in [-0.4, -0.2) is 26.6 Å². The fourth-order valence-corrected chi connectivity index (χ4v) is 16.1. The van der Waals surface area contributed by atoms with Gasteiger partial charge in [0.15, 0.2) is 0 Å². The summed E-state index contributed by atoms with van der Waals surface area (Å²) in [6.45, 7) is 14.6. The van der Waals surface area contributed by atoms with E-state index in [2.05, 4.69) is 129 Å². The minimum absolute atomic E-state index is 0.229. The van der Waals surface area contributed by atoms with Gasteiger partial charge in [0.2, 0.25) is 0 Å². The molecular weight excluding hydrogens is 655 g/mol. The molecule has 0 amide bonds. The van der Waals surface area contributed by atoms with Crippen molar-refractivity contribution in [2.75, 3.05) is 13.2 Å². The summed E-state index contributed by atoms with van der Waals surface area (Å²) in [5, 5.41) is 11.9. The predicted octanol–water partition coefficient (Wildman–Crippen LogP) is 9.74. The van der Waals surface area contributed by atoms with Gasteiger partial charge in [-0.1, -0.05) is 0 Å². The maximum atomic E-state index is 11.0. The standard InChI is InChI=1S/C39H52BrO3PSi/c1-7-43-45(5,6)29-13-11-9-8-10-12-28-42-38-27-20-34(41)30-39(38)44(40,35-21-14-31(2)15-22-35,36-23-16-32(3)17-24-36)37-25-18-33(4)19-26-37/h14-27,30,41H,7-13,28-29H2,1-6H3. The third-order valence-electron chi connectivity index (χ3n) is 8.92. The van der Waals surface area contributed by atoms with Gasteiger partial charge in [-0.2, -0.15) is 0 Å². The molecule has 0 radical (unpaired) electrons. The predicted molar refractivity (Wildman–Crippen MR) is 203 cm³/mol. The number of aromatic hydroxyl groups is 1. The van der Waals surface area contributed by atoms with Crippen LogP contribution in [0.1, 0.15) is 62.1 Å². The molecule has 0 bridgehead atoms.